The van der Waals surface area contributed by atoms with Crippen molar-refractivity contribution in [2.75, 3.05) is 0 Å². The van der Waals surface area contributed by atoms with Crippen LogP contribution in [-0.4, -0.2) is 19.6 Å². The minimum absolute atomic E-state index is 0. The van der Waals surface area contributed by atoms with Gasteiger partial charge in [0.05, 0.1) is 0 Å². The molecule has 0 spiro atoms. The molecule has 0 heterocycles. The van der Waals surface area contributed by atoms with Crippen LogP contribution in [0.3, 0.4) is 0 Å². The molecule has 24 valence electrons. The van der Waals surface area contributed by atoms with Crippen molar-refractivity contribution < 1.29 is 7.96 Å². The summed E-state index contributed by atoms with van der Waals surface area (Å²) in [6.07, 6.45) is 0. The second kappa shape index (κ2) is 11.3. The fourth-order valence-corrected chi connectivity index (χ4v) is 0. The molecule has 0 amide bonds. The Morgan fingerprint density at radius 2 is 1.75 bits per heavy atom. The van der Waals surface area contributed by atoms with Crippen molar-refractivity contribution in [3.05, 3.63) is 0 Å². The molecular formula is H4AlNO2. The molecule has 0 atom stereocenters. The van der Waals surface area contributed by atoms with Crippen LogP contribution in [0.5, 0.6) is 0 Å². The van der Waals surface area contributed by atoms with Gasteiger partial charge in [0.25, 0.3) is 0 Å². The third-order valence-electron chi connectivity index (χ3n) is 0. The van der Waals surface area contributed by atoms with Crippen molar-refractivity contribution >= 4 is 15.5 Å². The first kappa shape index (κ1) is 8.94. The van der Waals surface area contributed by atoms with Gasteiger partial charge in [-0.1, -0.05) is 0 Å². The third-order valence-corrected chi connectivity index (χ3v) is 0. The minimum atomic E-state index is -1.50. The van der Waals surface area contributed by atoms with Gasteiger partial charge < -0.3 is 6.15 Å². The van der Waals surface area contributed by atoms with E-state index in [1.165, 1.54) is 0 Å². The first-order valence-corrected chi connectivity index (χ1v) is 1.48. The zero-order valence-electron chi connectivity index (χ0n) is 2.14. The maximum atomic E-state index is 8.57. The van der Waals surface area contributed by atoms with Crippen molar-refractivity contribution in [3.8, 4) is 0 Å². The van der Waals surface area contributed by atoms with Crippen LogP contribution in [0, 0.1) is 0 Å². The Bertz CT molecular complexity index is 13.5. The van der Waals surface area contributed by atoms with E-state index in [4.69, 9.17) is 7.96 Å². The summed E-state index contributed by atoms with van der Waals surface area (Å²) >= 11 is -1.50. The molecule has 4 N–H and O–H groups in total. The van der Waals surface area contributed by atoms with E-state index >= 15 is 0 Å². The Hall–Kier alpha value is 0.0925. The summed E-state index contributed by atoms with van der Waals surface area (Å²) in [6, 6.07) is 0. The van der Waals surface area contributed by atoms with Gasteiger partial charge in [0.1, 0.15) is 0 Å². The van der Waals surface area contributed by atoms with Gasteiger partial charge in [-0.3, -0.25) is 0 Å². The average Bonchev–Trinajstić information content (AvgIpc) is 0.918. The van der Waals surface area contributed by atoms with E-state index in [1.807, 2.05) is 0 Å². The van der Waals surface area contributed by atoms with Gasteiger partial charge in [-0.25, -0.2) is 0 Å². The molecule has 4 heteroatoms. The molecule has 0 saturated heterocycles. The molecule has 3 nitrogen and oxygen atoms in total. The average molecular weight is 77.0 g/mol. The van der Waals surface area contributed by atoms with Crippen LogP contribution < -0.4 is 6.15 Å². The normalized spacial score (nSPS) is 2.00. The van der Waals surface area contributed by atoms with Crippen LogP contribution in [0.15, 0.2) is 0 Å². The molecule has 0 aromatic carbocycles. The van der Waals surface area contributed by atoms with Crippen molar-refractivity contribution in [2.45, 2.75) is 0 Å². The van der Waals surface area contributed by atoms with Crippen LogP contribution in [0.1, 0.15) is 0 Å². The van der Waals surface area contributed by atoms with E-state index < -0.39 is 15.5 Å². The van der Waals surface area contributed by atoms with Crippen molar-refractivity contribution in [1.29, 1.82) is 0 Å². The molecule has 0 fully saturated rings. The van der Waals surface area contributed by atoms with Crippen LogP contribution in [0.4, 0.5) is 0 Å². The Kier molecular flexibility index (Phi) is 25.4. The fraction of sp³-hybridized carbons (Fsp3) is 0. The summed E-state index contributed by atoms with van der Waals surface area (Å²) in [6.45, 7) is 0. The topological polar surface area (TPSA) is 72.3 Å². The Balaban J connectivity index is 0. The SMILES string of the molecule is N.[O]=[Al][OH]. The standard InChI is InChI=1S/Al.H3N.H2O.O/h;1H3;1H2;/q+1;;;/p-1. The summed E-state index contributed by atoms with van der Waals surface area (Å²) < 4.78 is 15.7. The Morgan fingerprint density at radius 1 is 1.75 bits per heavy atom. The van der Waals surface area contributed by atoms with Crippen molar-refractivity contribution in [1.82, 2.24) is 6.15 Å². The summed E-state index contributed by atoms with van der Waals surface area (Å²) in [4.78, 5) is 0. The predicted octanol–water partition coefficient (Wildman–Crippen LogP) is -0.895. The van der Waals surface area contributed by atoms with E-state index in [0.29, 0.717) is 0 Å². The van der Waals surface area contributed by atoms with Gasteiger partial charge in [0, 0.05) is 0 Å². The van der Waals surface area contributed by atoms with Gasteiger partial charge in [-0.15, -0.1) is 0 Å². The van der Waals surface area contributed by atoms with E-state index in [-0.39, 0.29) is 6.15 Å². The van der Waals surface area contributed by atoms with E-state index in [1.54, 1.807) is 0 Å². The van der Waals surface area contributed by atoms with E-state index in [2.05, 4.69) is 0 Å². The number of hydrogen-bond acceptors (Lipinski definition) is 2. The maximum absolute atomic E-state index is 8.57. The molecule has 0 bridgehead atoms. The fourth-order valence-electron chi connectivity index (χ4n) is 0. The molecule has 0 aromatic rings. The number of rotatable bonds is 0. The van der Waals surface area contributed by atoms with Gasteiger partial charge in [-0.2, -0.15) is 0 Å². The summed E-state index contributed by atoms with van der Waals surface area (Å²) in [5, 5.41) is 0. The van der Waals surface area contributed by atoms with Gasteiger partial charge in [0.2, 0.25) is 0 Å². The van der Waals surface area contributed by atoms with Crippen LogP contribution in [-0.2, 0) is 3.80 Å². The van der Waals surface area contributed by atoms with E-state index in [9.17, 15) is 0 Å². The summed E-state index contributed by atoms with van der Waals surface area (Å²) in [5.41, 5.74) is 0. The third kappa shape index (κ3) is 292. The summed E-state index contributed by atoms with van der Waals surface area (Å²) in [5.74, 6) is 0. The van der Waals surface area contributed by atoms with Crippen LogP contribution in [0.25, 0.3) is 0 Å². The molecule has 0 aliphatic heterocycles. The molecule has 0 radical (unpaired) electrons. The first-order valence-electron chi connectivity index (χ1n) is 0.494. The molecule has 0 aliphatic carbocycles. The molecule has 0 aliphatic rings. The molecule has 4 heavy (non-hydrogen) atoms. The molecule has 0 rings (SSSR count). The Labute approximate surface area is 30.5 Å². The van der Waals surface area contributed by atoms with E-state index in [0.717, 1.165) is 0 Å². The second-order valence-electron chi connectivity index (χ2n) is 0.105. The second-order valence-corrected chi connectivity index (χ2v) is 0.316. The van der Waals surface area contributed by atoms with Gasteiger partial charge in [-0.05, 0) is 0 Å². The first-order chi connectivity index (χ1) is 1.41. The van der Waals surface area contributed by atoms with Gasteiger partial charge >= 0.3 is 23.4 Å². The summed E-state index contributed by atoms with van der Waals surface area (Å²) in [7, 11) is 0. The molecule has 0 saturated carbocycles. The quantitative estimate of drug-likeness (QED) is 0.368. The monoisotopic (exact) mass is 77.0 g/mol. The van der Waals surface area contributed by atoms with Crippen molar-refractivity contribution in [2.24, 2.45) is 0 Å². The van der Waals surface area contributed by atoms with Crippen LogP contribution in [0.2, 0.25) is 0 Å². The Morgan fingerprint density at radius 3 is 1.75 bits per heavy atom. The number of hydrogen-bond donors (Lipinski definition) is 2. The zero-order valence-corrected chi connectivity index (χ0v) is 3.29. The zero-order chi connectivity index (χ0) is 2.71. The molecule has 0 unspecified atom stereocenters. The predicted molar refractivity (Wildman–Crippen MR) is 13.7 cm³/mol. The van der Waals surface area contributed by atoms with Crippen LogP contribution >= 0.6 is 0 Å². The van der Waals surface area contributed by atoms with Gasteiger partial charge in [0.15, 0.2) is 0 Å². The molecular weight excluding hydrogens is 73.0 g/mol. The van der Waals surface area contributed by atoms with Crippen molar-refractivity contribution in [3.63, 3.8) is 0 Å². The molecule has 0 aromatic heterocycles.